The minimum atomic E-state index is -0.207. The van der Waals surface area contributed by atoms with Gasteiger partial charge in [0.1, 0.15) is 5.69 Å². The van der Waals surface area contributed by atoms with E-state index in [1.165, 1.54) is 25.7 Å². The molecule has 1 heterocycles. The minimum Gasteiger partial charge on any atom is -0.340 e. The maximum atomic E-state index is 11.4. The van der Waals surface area contributed by atoms with E-state index in [-0.39, 0.29) is 5.91 Å². The zero-order chi connectivity index (χ0) is 9.97. The van der Waals surface area contributed by atoms with E-state index >= 15 is 0 Å². The first kappa shape index (κ1) is 9.27. The third-order valence-electron chi connectivity index (χ3n) is 2.86. The van der Waals surface area contributed by atoms with Crippen LogP contribution >= 0.6 is 0 Å². The van der Waals surface area contributed by atoms with Gasteiger partial charge in [0.05, 0.1) is 0 Å². The van der Waals surface area contributed by atoms with E-state index in [0.29, 0.717) is 11.7 Å². The summed E-state index contributed by atoms with van der Waals surface area (Å²) in [6.45, 7) is 0. The number of nitrogen functional groups attached to an aromatic ring is 1. The van der Waals surface area contributed by atoms with Gasteiger partial charge in [-0.2, -0.15) is 0 Å². The molecule has 0 unspecified atom stereocenters. The molecule has 0 bridgehead atoms. The predicted molar refractivity (Wildman–Crippen MR) is 53.6 cm³/mol. The van der Waals surface area contributed by atoms with Gasteiger partial charge in [0, 0.05) is 12.2 Å². The number of hydrogen-bond donors (Lipinski definition) is 2. The Morgan fingerprint density at radius 3 is 2.86 bits per heavy atom. The summed E-state index contributed by atoms with van der Waals surface area (Å²) in [6, 6.07) is 4.18. The third-order valence-corrected chi connectivity index (χ3v) is 2.86. The minimum absolute atomic E-state index is 0.207. The summed E-state index contributed by atoms with van der Waals surface area (Å²) in [5, 5.41) is 0. The average Bonchev–Trinajstić information content (AvgIpc) is 2.85. The molecule has 0 spiro atoms. The van der Waals surface area contributed by atoms with Crippen LogP contribution in [0.25, 0.3) is 0 Å². The molecular formula is C10H15N3O. The fraction of sp³-hybridized carbons (Fsp3) is 0.500. The number of hydrogen-bond acceptors (Lipinski definition) is 2. The molecule has 0 aliphatic heterocycles. The second-order valence-corrected chi connectivity index (χ2v) is 3.71. The van der Waals surface area contributed by atoms with E-state index in [1.807, 2.05) is 16.8 Å². The molecule has 1 amide bonds. The first-order chi connectivity index (χ1) is 6.83. The van der Waals surface area contributed by atoms with Crippen molar-refractivity contribution >= 4 is 5.91 Å². The molecule has 4 heteroatoms. The lowest BCUT2D eigenvalue weighted by Gasteiger charge is -2.14. The highest BCUT2D eigenvalue weighted by molar-refractivity contribution is 5.92. The van der Waals surface area contributed by atoms with Crippen molar-refractivity contribution in [2.45, 2.75) is 31.7 Å². The second kappa shape index (κ2) is 3.84. The molecule has 1 aliphatic carbocycles. The smallest absolute Gasteiger partial charge is 0.281 e. The van der Waals surface area contributed by atoms with Gasteiger partial charge in [-0.3, -0.25) is 10.2 Å². The van der Waals surface area contributed by atoms with Crippen molar-refractivity contribution in [3.8, 4) is 0 Å². The summed E-state index contributed by atoms with van der Waals surface area (Å²) in [5.74, 6) is 4.91. The van der Waals surface area contributed by atoms with Crippen LogP contribution < -0.4 is 11.3 Å². The number of nitrogens with zero attached hydrogens (tertiary/aromatic N) is 1. The Bertz CT molecular complexity index is 326. The number of carbonyl (C=O) groups is 1. The van der Waals surface area contributed by atoms with Crippen LogP contribution in [0.5, 0.6) is 0 Å². The van der Waals surface area contributed by atoms with Crippen molar-refractivity contribution in [3.05, 3.63) is 24.0 Å². The van der Waals surface area contributed by atoms with Crippen molar-refractivity contribution in [3.63, 3.8) is 0 Å². The topological polar surface area (TPSA) is 60.0 Å². The maximum absolute atomic E-state index is 11.4. The molecule has 4 nitrogen and oxygen atoms in total. The number of amides is 1. The molecule has 1 aliphatic rings. The van der Waals surface area contributed by atoms with Gasteiger partial charge in [0.2, 0.25) is 0 Å². The molecule has 1 aromatic heterocycles. The Balaban J connectivity index is 2.24. The largest absolute Gasteiger partial charge is 0.340 e. The molecule has 3 N–H and O–H groups in total. The lowest BCUT2D eigenvalue weighted by Crippen LogP contribution is -2.32. The van der Waals surface area contributed by atoms with Gasteiger partial charge >= 0.3 is 0 Å². The van der Waals surface area contributed by atoms with Crippen molar-refractivity contribution in [2.24, 2.45) is 5.84 Å². The summed E-state index contributed by atoms with van der Waals surface area (Å²) in [4.78, 5) is 11.4. The summed E-state index contributed by atoms with van der Waals surface area (Å²) >= 11 is 0. The molecular weight excluding hydrogens is 178 g/mol. The molecule has 0 aromatic carbocycles. The number of nitrogens with one attached hydrogen (secondary N) is 1. The van der Waals surface area contributed by atoms with Crippen LogP contribution in [0.4, 0.5) is 0 Å². The zero-order valence-electron chi connectivity index (χ0n) is 8.07. The molecule has 2 rings (SSSR count). The number of rotatable bonds is 2. The molecule has 0 atom stereocenters. The Morgan fingerprint density at radius 1 is 1.50 bits per heavy atom. The van der Waals surface area contributed by atoms with Gasteiger partial charge in [-0.15, -0.1) is 0 Å². The van der Waals surface area contributed by atoms with Crippen LogP contribution in [0.3, 0.4) is 0 Å². The first-order valence-corrected chi connectivity index (χ1v) is 5.00. The highest BCUT2D eigenvalue weighted by atomic mass is 16.2. The fourth-order valence-corrected chi connectivity index (χ4v) is 2.16. The van der Waals surface area contributed by atoms with Crippen molar-refractivity contribution < 1.29 is 4.79 Å². The van der Waals surface area contributed by atoms with Crippen molar-refractivity contribution in [1.82, 2.24) is 9.99 Å². The summed E-state index contributed by atoms with van der Waals surface area (Å²) in [6.07, 6.45) is 6.80. The summed E-state index contributed by atoms with van der Waals surface area (Å²) < 4.78 is 2.04. The van der Waals surface area contributed by atoms with E-state index in [0.717, 1.165) is 0 Å². The third kappa shape index (κ3) is 1.53. The van der Waals surface area contributed by atoms with Crippen LogP contribution in [0.2, 0.25) is 0 Å². The molecule has 1 fully saturated rings. The lowest BCUT2D eigenvalue weighted by atomic mass is 10.2. The van der Waals surface area contributed by atoms with Gasteiger partial charge in [0.15, 0.2) is 0 Å². The van der Waals surface area contributed by atoms with Gasteiger partial charge in [-0.05, 0) is 25.0 Å². The molecule has 1 saturated carbocycles. The van der Waals surface area contributed by atoms with Gasteiger partial charge < -0.3 is 4.57 Å². The molecule has 0 saturated heterocycles. The van der Waals surface area contributed by atoms with Gasteiger partial charge in [-0.1, -0.05) is 12.8 Å². The number of aromatic nitrogens is 1. The maximum Gasteiger partial charge on any atom is 0.281 e. The Hall–Kier alpha value is -1.29. The normalized spacial score (nSPS) is 17.2. The second-order valence-electron chi connectivity index (χ2n) is 3.71. The molecule has 76 valence electrons. The lowest BCUT2D eigenvalue weighted by molar-refractivity contribution is 0.0942. The Labute approximate surface area is 83.1 Å². The van der Waals surface area contributed by atoms with E-state index in [9.17, 15) is 4.79 Å². The Morgan fingerprint density at radius 2 is 2.21 bits per heavy atom. The quantitative estimate of drug-likeness (QED) is 0.421. The van der Waals surface area contributed by atoms with E-state index in [2.05, 4.69) is 5.43 Å². The van der Waals surface area contributed by atoms with Gasteiger partial charge in [0.25, 0.3) is 5.91 Å². The SMILES string of the molecule is NNC(=O)c1cccn1C1CCCC1. The van der Waals surface area contributed by atoms with Crippen molar-refractivity contribution in [2.75, 3.05) is 0 Å². The van der Waals surface area contributed by atoms with Crippen LogP contribution in [0, 0.1) is 0 Å². The van der Waals surface area contributed by atoms with Crippen LogP contribution in [-0.2, 0) is 0 Å². The van der Waals surface area contributed by atoms with Crippen molar-refractivity contribution in [1.29, 1.82) is 0 Å². The standard InChI is InChI=1S/C10H15N3O/c11-12-10(14)9-6-3-7-13(9)8-4-1-2-5-8/h3,6-8H,1-2,4-5,11H2,(H,12,14). The average molecular weight is 193 g/mol. The summed E-state index contributed by atoms with van der Waals surface area (Å²) in [7, 11) is 0. The number of hydrazine groups is 1. The first-order valence-electron chi connectivity index (χ1n) is 5.00. The van der Waals surface area contributed by atoms with Crippen LogP contribution in [-0.4, -0.2) is 10.5 Å². The van der Waals surface area contributed by atoms with Crippen LogP contribution in [0.1, 0.15) is 42.2 Å². The fourth-order valence-electron chi connectivity index (χ4n) is 2.16. The highest BCUT2D eigenvalue weighted by Crippen LogP contribution is 2.30. The highest BCUT2D eigenvalue weighted by Gasteiger charge is 2.20. The van der Waals surface area contributed by atoms with Gasteiger partial charge in [-0.25, -0.2) is 5.84 Å². The molecule has 0 radical (unpaired) electrons. The number of carbonyl (C=O) groups excluding carboxylic acids is 1. The zero-order valence-corrected chi connectivity index (χ0v) is 8.07. The van der Waals surface area contributed by atoms with E-state index in [4.69, 9.17) is 5.84 Å². The molecule has 1 aromatic rings. The van der Waals surface area contributed by atoms with E-state index in [1.54, 1.807) is 6.07 Å². The molecule has 14 heavy (non-hydrogen) atoms. The Kier molecular flexibility index (Phi) is 2.54. The van der Waals surface area contributed by atoms with Crippen LogP contribution in [0.15, 0.2) is 18.3 Å². The monoisotopic (exact) mass is 193 g/mol. The number of nitrogens with two attached hydrogens (primary N) is 1. The van der Waals surface area contributed by atoms with E-state index < -0.39 is 0 Å². The predicted octanol–water partition coefficient (Wildman–Crippen LogP) is 1.21. The summed E-state index contributed by atoms with van der Waals surface area (Å²) in [5.41, 5.74) is 2.84.